The van der Waals surface area contributed by atoms with Crippen molar-refractivity contribution >= 4 is 28.9 Å². The van der Waals surface area contributed by atoms with Gasteiger partial charge in [0, 0.05) is 63.0 Å². The normalized spacial score (nSPS) is 17.7. The third kappa shape index (κ3) is 13.0. The first-order valence-corrected chi connectivity index (χ1v) is 32.5. The zero-order valence-corrected chi connectivity index (χ0v) is 55.0. The molecule has 6 nitrogen and oxygen atoms in total. The van der Waals surface area contributed by atoms with Gasteiger partial charge < -0.3 is 4.74 Å². The SMILES string of the molecule is COc1ccc(-c2ccccc2)c2c1CC(C)C2=O.Cc1cc2c(c(-c3ccccc3)c1)C(=O)C(C)C2.Cc1ccc(-c2cc(C)cc3c2C(=O)C(C)C3)cc1.Cc1ccc(-c2ccccc2)c2c1CC(C)C2=O.Cc1ccc2c(c1-c1ccccc1)C(=O)C(C)C2. The molecule has 10 aromatic rings. The van der Waals surface area contributed by atoms with Crippen LogP contribution in [0.1, 0.15) is 142 Å². The molecule has 10 aromatic carbocycles. The maximum atomic E-state index is 12.4. The molecule has 0 bridgehead atoms. The highest BCUT2D eigenvalue weighted by Crippen LogP contribution is 2.43. The minimum absolute atomic E-state index is 0.0498. The van der Waals surface area contributed by atoms with Crippen molar-refractivity contribution in [2.24, 2.45) is 29.6 Å². The Bertz CT molecular complexity index is 4440. The Labute approximate surface area is 543 Å². The largest absolute Gasteiger partial charge is 0.496 e. The molecule has 0 fully saturated rings. The molecular formula is C86H82O6. The van der Waals surface area contributed by atoms with Crippen molar-refractivity contribution in [2.45, 2.75) is 101 Å². The summed E-state index contributed by atoms with van der Waals surface area (Å²) in [5.74, 6) is 2.81. The van der Waals surface area contributed by atoms with Gasteiger partial charge in [-0.3, -0.25) is 24.0 Å². The summed E-state index contributed by atoms with van der Waals surface area (Å²) < 4.78 is 5.39. The number of ketones is 5. The molecule has 15 rings (SSSR count). The highest BCUT2D eigenvalue weighted by atomic mass is 16.5. The van der Waals surface area contributed by atoms with Crippen LogP contribution in [0, 0.1) is 64.2 Å². The number of rotatable bonds is 6. The molecule has 6 heteroatoms. The van der Waals surface area contributed by atoms with Gasteiger partial charge in [0.2, 0.25) is 0 Å². The maximum absolute atomic E-state index is 12.4. The number of aryl methyl sites for hydroxylation is 5. The molecule has 0 spiro atoms. The molecule has 0 radical (unpaired) electrons. The van der Waals surface area contributed by atoms with E-state index in [1.54, 1.807) is 7.11 Å². The monoisotopic (exact) mass is 1210 g/mol. The molecule has 0 aliphatic heterocycles. The molecule has 5 aliphatic carbocycles. The number of carbonyl (C=O) groups excluding carboxylic acids is 5. The van der Waals surface area contributed by atoms with Crippen molar-refractivity contribution in [3.05, 3.63) is 290 Å². The van der Waals surface area contributed by atoms with Gasteiger partial charge in [0.15, 0.2) is 28.9 Å². The molecule has 0 aromatic heterocycles. The minimum atomic E-state index is 0.0498. The molecule has 5 atom stereocenters. The summed E-state index contributed by atoms with van der Waals surface area (Å²) in [6, 6.07) is 70.1. The summed E-state index contributed by atoms with van der Waals surface area (Å²) in [7, 11) is 1.66. The Morgan fingerprint density at radius 3 is 1.11 bits per heavy atom. The number of hydrogen-bond acceptors (Lipinski definition) is 6. The molecule has 92 heavy (non-hydrogen) atoms. The van der Waals surface area contributed by atoms with Crippen LogP contribution in [-0.4, -0.2) is 36.0 Å². The van der Waals surface area contributed by atoms with E-state index >= 15 is 0 Å². The molecule has 0 saturated heterocycles. The number of hydrogen-bond donors (Lipinski definition) is 0. The molecule has 0 N–H and O–H groups in total. The molecule has 0 saturated carbocycles. The number of benzene rings is 10. The van der Waals surface area contributed by atoms with E-state index in [9.17, 15) is 24.0 Å². The van der Waals surface area contributed by atoms with Crippen molar-refractivity contribution < 1.29 is 28.7 Å². The standard InChI is InChI=1S/C18H18O.C17H16O2.3C17H16O/c1-11-4-6-14(7-5-11)16-9-12(2)8-15-10-13(3)18(19)17(15)16;1-11-10-14-15(19-2)9-8-13(16(14)17(11)18)12-6-4-3-5-7-12;1-11-8-14-10-12(2)17(18)16(14)15(9-11)13-6-4-3-5-7-13;1-11-8-9-14(13-6-4-3-5-7-13)16-15(11)10-12(2)17(16)18;1-11-8-9-14-10-12(2)17(18)16(14)15(11)13-6-4-3-5-7-13/h4-9,13H,10H2,1-3H3;3-9,11H,10H2,1-2H3;3*3-9,12H,10H2,1-2H3. The van der Waals surface area contributed by atoms with Crippen LogP contribution in [0.5, 0.6) is 5.75 Å². The first kappa shape index (κ1) is 63.9. The van der Waals surface area contributed by atoms with Gasteiger partial charge in [-0.25, -0.2) is 0 Å². The smallest absolute Gasteiger partial charge is 0.167 e. The van der Waals surface area contributed by atoms with Gasteiger partial charge in [-0.1, -0.05) is 245 Å². The van der Waals surface area contributed by atoms with Gasteiger partial charge in [-0.15, -0.1) is 0 Å². The lowest BCUT2D eigenvalue weighted by Crippen LogP contribution is -2.05. The molecule has 462 valence electrons. The van der Waals surface area contributed by atoms with Crippen molar-refractivity contribution in [1.82, 2.24) is 0 Å². The number of carbonyl (C=O) groups is 5. The van der Waals surface area contributed by atoms with Crippen molar-refractivity contribution in [3.8, 4) is 61.4 Å². The summed E-state index contributed by atoms with van der Waals surface area (Å²) in [4.78, 5) is 61.8. The van der Waals surface area contributed by atoms with Crippen LogP contribution in [-0.2, 0) is 32.1 Å². The van der Waals surface area contributed by atoms with Gasteiger partial charge in [0.25, 0.3) is 0 Å². The average molecular weight is 1210 g/mol. The average Bonchev–Trinajstić information content (AvgIpc) is 1.73. The van der Waals surface area contributed by atoms with Crippen molar-refractivity contribution in [3.63, 3.8) is 0 Å². The van der Waals surface area contributed by atoms with Crippen molar-refractivity contribution in [2.75, 3.05) is 7.11 Å². The third-order valence-corrected chi connectivity index (χ3v) is 19.0. The molecule has 5 aliphatic rings. The Morgan fingerprint density at radius 1 is 0.283 bits per heavy atom. The predicted octanol–water partition coefficient (Wildman–Crippen LogP) is 20.2. The highest BCUT2D eigenvalue weighted by molar-refractivity contribution is 6.11. The molecule has 0 amide bonds. The fourth-order valence-corrected chi connectivity index (χ4v) is 14.2. The topological polar surface area (TPSA) is 94.6 Å². The lowest BCUT2D eigenvalue weighted by Gasteiger charge is -2.11. The lowest BCUT2D eigenvalue weighted by atomic mass is 9.92. The van der Waals surface area contributed by atoms with E-state index in [0.29, 0.717) is 23.1 Å². The number of methoxy groups -OCH3 is 1. The van der Waals surface area contributed by atoms with Crippen molar-refractivity contribution in [1.29, 1.82) is 0 Å². The number of fused-ring (bicyclic) bond motifs is 5. The first-order valence-electron chi connectivity index (χ1n) is 32.5. The maximum Gasteiger partial charge on any atom is 0.167 e. The predicted molar refractivity (Wildman–Crippen MR) is 376 cm³/mol. The molecule has 5 unspecified atom stereocenters. The van der Waals surface area contributed by atoms with Gasteiger partial charge in [-0.05, 0) is 168 Å². The third-order valence-electron chi connectivity index (χ3n) is 19.0. The summed E-state index contributed by atoms with van der Waals surface area (Å²) in [5, 5.41) is 0. The fourth-order valence-electron chi connectivity index (χ4n) is 14.2. The zero-order chi connectivity index (χ0) is 65.1. The van der Waals surface area contributed by atoms with Gasteiger partial charge in [-0.2, -0.15) is 0 Å². The second-order valence-corrected chi connectivity index (χ2v) is 26.1. The van der Waals surface area contributed by atoms with E-state index in [1.165, 1.54) is 50.1 Å². The van der Waals surface area contributed by atoms with Gasteiger partial charge in [0.05, 0.1) is 7.11 Å². The summed E-state index contributed by atoms with van der Waals surface area (Å²) >= 11 is 0. The van der Waals surface area contributed by atoms with Gasteiger partial charge >= 0.3 is 0 Å². The Kier molecular flexibility index (Phi) is 19.1. The Balaban J connectivity index is 0.000000118. The van der Waals surface area contributed by atoms with E-state index in [1.807, 2.05) is 132 Å². The van der Waals surface area contributed by atoms with Crippen LogP contribution in [0.25, 0.3) is 55.6 Å². The van der Waals surface area contributed by atoms with E-state index < -0.39 is 0 Å². The van der Waals surface area contributed by atoms with Gasteiger partial charge in [0.1, 0.15) is 5.75 Å². The highest BCUT2D eigenvalue weighted by Gasteiger charge is 2.35. The summed E-state index contributed by atoms with van der Waals surface area (Å²) in [5.41, 5.74) is 27.8. The number of ether oxygens (including phenoxy) is 1. The Hall–Kier alpha value is -9.65. The summed E-state index contributed by atoms with van der Waals surface area (Å²) in [6.07, 6.45) is 4.32. The van der Waals surface area contributed by atoms with Crippen LogP contribution >= 0.6 is 0 Å². The van der Waals surface area contributed by atoms with Crippen LogP contribution in [0.3, 0.4) is 0 Å². The van der Waals surface area contributed by atoms with Crippen LogP contribution in [0.2, 0.25) is 0 Å². The Morgan fingerprint density at radius 2 is 0.641 bits per heavy atom. The lowest BCUT2D eigenvalue weighted by molar-refractivity contribution is 0.0939. The second kappa shape index (κ2) is 27.4. The zero-order valence-electron chi connectivity index (χ0n) is 55.0. The van der Waals surface area contributed by atoms with Crippen LogP contribution in [0.15, 0.2) is 206 Å². The summed E-state index contributed by atoms with van der Waals surface area (Å²) in [6.45, 7) is 20.5. The molecule has 0 heterocycles. The fraction of sp³-hybridized carbons (Fsp3) is 0.244. The quantitative estimate of drug-likeness (QED) is 0.165. The van der Waals surface area contributed by atoms with E-state index in [4.69, 9.17) is 4.74 Å². The molecular weight excluding hydrogens is 1130 g/mol. The van der Waals surface area contributed by atoms with Crippen LogP contribution in [0.4, 0.5) is 0 Å². The van der Waals surface area contributed by atoms with E-state index in [-0.39, 0.29) is 35.4 Å². The van der Waals surface area contributed by atoms with E-state index in [2.05, 4.69) is 144 Å². The number of Topliss-reactive ketones (excluding diaryl/α,β-unsaturated/α-hetero) is 5. The van der Waals surface area contributed by atoms with Crippen LogP contribution < -0.4 is 4.74 Å². The first-order chi connectivity index (χ1) is 44.3. The second-order valence-electron chi connectivity index (χ2n) is 26.1. The van der Waals surface area contributed by atoms with E-state index in [0.717, 1.165) is 127 Å². The minimum Gasteiger partial charge on any atom is -0.496 e.